The van der Waals surface area contributed by atoms with Gasteiger partial charge in [0, 0.05) is 49.9 Å². The summed E-state index contributed by atoms with van der Waals surface area (Å²) >= 11 is 0. The maximum Gasteiger partial charge on any atom is 0.260 e. The first-order valence-corrected chi connectivity index (χ1v) is 8.62. The van der Waals surface area contributed by atoms with Gasteiger partial charge in [0.05, 0.1) is 0 Å². The van der Waals surface area contributed by atoms with Crippen LogP contribution in [0.25, 0.3) is 0 Å². The molecule has 3 rings (SSSR count). The molecular formula is C18H25N3O3. The second-order valence-electron chi connectivity index (χ2n) is 6.51. The maximum absolute atomic E-state index is 12.4. The molecule has 0 spiro atoms. The molecule has 2 heterocycles. The summed E-state index contributed by atoms with van der Waals surface area (Å²) in [4.78, 5) is 27.9. The molecule has 2 fully saturated rings. The molecule has 1 aromatic rings. The molecule has 24 heavy (non-hydrogen) atoms. The minimum atomic E-state index is -0.00139. The lowest BCUT2D eigenvalue weighted by Gasteiger charge is -2.38. The zero-order valence-corrected chi connectivity index (χ0v) is 14.3. The van der Waals surface area contributed by atoms with Crippen molar-refractivity contribution < 1.29 is 14.3 Å². The summed E-state index contributed by atoms with van der Waals surface area (Å²) in [7, 11) is 0. The Morgan fingerprint density at radius 2 is 2.17 bits per heavy atom. The Balaban J connectivity index is 1.60. The summed E-state index contributed by atoms with van der Waals surface area (Å²) in [5.74, 6) is 0.766. The fourth-order valence-electron chi connectivity index (χ4n) is 3.30. The zero-order valence-electron chi connectivity index (χ0n) is 14.3. The average Bonchev–Trinajstić information content (AvgIpc) is 3.01. The molecule has 2 saturated heterocycles. The van der Waals surface area contributed by atoms with E-state index in [4.69, 9.17) is 4.74 Å². The Bertz CT molecular complexity index is 619. The number of anilines is 1. The van der Waals surface area contributed by atoms with Gasteiger partial charge in [-0.3, -0.25) is 9.59 Å². The number of carbonyl (C=O) groups is 2. The van der Waals surface area contributed by atoms with E-state index < -0.39 is 0 Å². The summed E-state index contributed by atoms with van der Waals surface area (Å²) in [6.07, 6.45) is 1.49. The van der Waals surface area contributed by atoms with Gasteiger partial charge in [0.1, 0.15) is 5.75 Å². The molecule has 0 aliphatic carbocycles. The third-order valence-electron chi connectivity index (χ3n) is 4.92. The van der Waals surface area contributed by atoms with Crippen molar-refractivity contribution in [2.75, 3.05) is 31.1 Å². The van der Waals surface area contributed by atoms with Crippen LogP contribution in [0.15, 0.2) is 24.3 Å². The van der Waals surface area contributed by atoms with Crippen molar-refractivity contribution >= 4 is 17.5 Å². The smallest absolute Gasteiger partial charge is 0.260 e. The zero-order chi connectivity index (χ0) is 17.1. The fourth-order valence-corrected chi connectivity index (χ4v) is 3.30. The van der Waals surface area contributed by atoms with Gasteiger partial charge in [0.2, 0.25) is 5.91 Å². The SMILES string of the molecule is CC1NCCN(C(=O)COc2cccc(N3CCCC3=O)c2)C1C. The molecule has 2 unspecified atom stereocenters. The predicted molar refractivity (Wildman–Crippen MR) is 92.2 cm³/mol. The molecule has 6 nitrogen and oxygen atoms in total. The summed E-state index contributed by atoms with van der Waals surface area (Å²) in [5.41, 5.74) is 0.839. The number of benzene rings is 1. The topological polar surface area (TPSA) is 61.9 Å². The van der Waals surface area contributed by atoms with E-state index in [1.165, 1.54) is 0 Å². The van der Waals surface area contributed by atoms with Crippen LogP contribution in [-0.2, 0) is 9.59 Å². The van der Waals surface area contributed by atoms with Crippen molar-refractivity contribution in [3.63, 3.8) is 0 Å². The Labute approximate surface area is 142 Å². The Kier molecular flexibility index (Phi) is 5.04. The Morgan fingerprint density at radius 3 is 2.92 bits per heavy atom. The van der Waals surface area contributed by atoms with Gasteiger partial charge in [-0.15, -0.1) is 0 Å². The van der Waals surface area contributed by atoms with Gasteiger partial charge in [0.15, 0.2) is 6.61 Å². The lowest BCUT2D eigenvalue weighted by atomic mass is 10.1. The van der Waals surface area contributed by atoms with Crippen LogP contribution in [-0.4, -0.2) is 55.0 Å². The van der Waals surface area contributed by atoms with Crippen molar-refractivity contribution in [3.8, 4) is 5.75 Å². The number of carbonyl (C=O) groups excluding carboxylic acids is 2. The monoisotopic (exact) mass is 331 g/mol. The standard InChI is InChI=1S/C18H25N3O3/c1-13-14(2)20(10-8-19-13)18(23)12-24-16-6-3-5-15(11-16)21-9-4-7-17(21)22/h3,5-6,11,13-14,19H,4,7-10,12H2,1-2H3. The van der Waals surface area contributed by atoms with E-state index in [0.717, 1.165) is 25.2 Å². The molecule has 2 aliphatic rings. The number of nitrogens with one attached hydrogen (secondary N) is 1. The van der Waals surface area contributed by atoms with Gasteiger partial charge >= 0.3 is 0 Å². The molecule has 1 aromatic carbocycles. The first kappa shape index (κ1) is 16.8. The van der Waals surface area contributed by atoms with E-state index >= 15 is 0 Å². The number of nitrogens with zero attached hydrogens (tertiary/aromatic N) is 2. The lowest BCUT2D eigenvalue weighted by molar-refractivity contribution is -0.137. The Morgan fingerprint density at radius 1 is 1.33 bits per heavy atom. The van der Waals surface area contributed by atoms with Gasteiger partial charge in [-0.1, -0.05) is 6.07 Å². The first-order chi connectivity index (χ1) is 11.6. The fraction of sp³-hybridized carbons (Fsp3) is 0.556. The summed E-state index contributed by atoms with van der Waals surface area (Å²) in [6.45, 7) is 6.42. The van der Waals surface area contributed by atoms with Gasteiger partial charge in [0.25, 0.3) is 5.91 Å². The second-order valence-corrected chi connectivity index (χ2v) is 6.51. The second kappa shape index (κ2) is 7.21. The van der Waals surface area contributed by atoms with E-state index in [2.05, 4.69) is 12.2 Å². The van der Waals surface area contributed by atoms with Crippen molar-refractivity contribution in [2.45, 2.75) is 38.8 Å². The molecular weight excluding hydrogens is 306 g/mol. The highest BCUT2D eigenvalue weighted by atomic mass is 16.5. The predicted octanol–water partition coefficient (Wildman–Crippen LogP) is 1.40. The molecule has 0 aromatic heterocycles. The molecule has 0 bridgehead atoms. The van der Waals surface area contributed by atoms with Crippen molar-refractivity contribution in [1.82, 2.24) is 10.2 Å². The molecule has 1 N–H and O–H groups in total. The highest BCUT2D eigenvalue weighted by molar-refractivity contribution is 5.95. The lowest BCUT2D eigenvalue weighted by Crippen LogP contribution is -2.58. The van der Waals surface area contributed by atoms with Crippen LogP contribution in [0.3, 0.4) is 0 Å². The van der Waals surface area contributed by atoms with Crippen molar-refractivity contribution in [1.29, 1.82) is 0 Å². The van der Waals surface area contributed by atoms with E-state index in [9.17, 15) is 9.59 Å². The molecule has 6 heteroatoms. The maximum atomic E-state index is 12.4. The third kappa shape index (κ3) is 3.53. The van der Waals surface area contributed by atoms with E-state index in [1.54, 1.807) is 4.90 Å². The van der Waals surface area contributed by atoms with Crippen LogP contribution < -0.4 is 15.0 Å². The van der Waals surface area contributed by atoms with Crippen LogP contribution >= 0.6 is 0 Å². The van der Waals surface area contributed by atoms with Gasteiger partial charge < -0.3 is 19.9 Å². The molecule has 2 amide bonds. The number of rotatable bonds is 4. The number of ether oxygens (including phenoxy) is 1. The molecule has 0 saturated carbocycles. The molecule has 2 aliphatic heterocycles. The minimum Gasteiger partial charge on any atom is -0.484 e. The average molecular weight is 331 g/mol. The van der Waals surface area contributed by atoms with Crippen LogP contribution in [0.1, 0.15) is 26.7 Å². The summed E-state index contributed by atoms with van der Waals surface area (Å²) in [5, 5.41) is 3.36. The number of hydrogen-bond acceptors (Lipinski definition) is 4. The van der Waals surface area contributed by atoms with Gasteiger partial charge in [-0.05, 0) is 32.4 Å². The van der Waals surface area contributed by atoms with Gasteiger partial charge in [-0.25, -0.2) is 0 Å². The van der Waals surface area contributed by atoms with Crippen molar-refractivity contribution in [2.24, 2.45) is 0 Å². The largest absolute Gasteiger partial charge is 0.484 e. The molecule has 0 radical (unpaired) electrons. The molecule has 2 atom stereocenters. The quantitative estimate of drug-likeness (QED) is 0.906. The highest BCUT2D eigenvalue weighted by Crippen LogP contribution is 2.25. The van der Waals surface area contributed by atoms with E-state index in [-0.39, 0.29) is 30.5 Å². The normalized spacial score (nSPS) is 24.3. The first-order valence-electron chi connectivity index (χ1n) is 8.62. The number of piperazine rings is 1. The van der Waals surface area contributed by atoms with E-state index in [0.29, 0.717) is 18.7 Å². The highest BCUT2D eigenvalue weighted by Gasteiger charge is 2.28. The van der Waals surface area contributed by atoms with Crippen LogP contribution in [0.2, 0.25) is 0 Å². The van der Waals surface area contributed by atoms with Crippen molar-refractivity contribution in [3.05, 3.63) is 24.3 Å². The third-order valence-corrected chi connectivity index (χ3v) is 4.92. The minimum absolute atomic E-state index is 0.00139. The van der Waals surface area contributed by atoms with Crippen LogP contribution in [0.5, 0.6) is 5.75 Å². The number of amides is 2. The number of hydrogen-bond donors (Lipinski definition) is 1. The van der Waals surface area contributed by atoms with E-state index in [1.807, 2.05) is 36.1 Å². The summed E-state index contributed by atoms with van der Waals surface area (Å²) in [6, 6.07) is 7.85. The van der Waals surface area contributed by atoms with Gasteiger partial charge in [-0.2, -0.15) is 0 Å². The Hall–Kier alpha value is -2.08. The van der Waals surface area contributed by atoms with Crippen LogP contribution in [0, 0.1) is 0 Å². The molecule has 130 valence electrons. The van der Waals surface area contributed by atoms with Crippen LogP contribution in [0.4, 0.5) is 5.69 Å². The summed E-state index contributed by atoms with van der Waals surface area (Å²) < 4.78 is 5.69.